The highest BCUT2D eigenvalue weighted by molar-refractivity contribution is 5.84. The van der Waals surface area contributed by atoms with Gasteiger partial charge in [0.2, 0.25) is 0 Å². The number of nitrogens with one attached hydrogen (secondary N) is 2. The van der Waals surface area contributed by atoms with Crippen LogP contribution >= 0.6 is 0 Å². The Bertz CT molecular complexity index is 317. The molecule has 0 amide bonds. The fourth-order valence-corrected chi connectivity index (χ4v) is 1.09. The third kappa shape index (κ3) is 2.06. The lowest BCUT2D eigenvalue weighted by Gasteiger charge is -1.97. The monoisotopic (exact) mass is 181 g/mol. The number of aromatic carboxylic acids is 1. The smallest absolute Gasteiger partial charge is 0.353 e. The molecule has 0 bridgehead atoms. The molecule has 2 rings (SSSR count). The summed E-state index contributed by atoms with van der Waals surface area (Å²) in [4.78, 5) is 17.1. The van der Waals surface area contributed by atoms with Gasteiger partial charge in [-0.1, -0.05) is 0 Å². The summed E-state index contributed by atoms with van der Waals surface area (Å²) in [5.41, 5.74) is 0.146. The van der Waals surface area contributed by atoms with E-state index >= 15 is 0 Å². The Labute approximate surface area is 75.2 Å². The van der Waals surface area contributed by atoms with Gasteiger partial charge in [0.05, 0.1) is 12.7 Å². The van der Waals surface area contributed by atoms with E-state index in [1.54, 1.807) is 0 Å². The van der Waals surface area contributed by atoms with Gasteiger partial charge in [-0.25, -0.2) is 9.78 Å². The zero-order valence-electron chi connectivity index (χ0n) is 7.08. The second-order valence-corrected chi connectivity index (χ2v) is 3.20. The summed E-state index contributed by atoms with van der Waals surface area (Å²) < 4.78 is 0. The number of aromatic amines is 1. The summed E-state index contributed by atoms with van der Waals surface area (Å²) in [6, 6.07) is 0.610. The normalized spacial score (nSPS) is 16.0. The molecule has 1 fully saturated rings. The van der Waals surface area contributed by atoms with Crippen LogP contribution in [0.2, 0.25) is 0 Å². The molecule has 1 aromatic rings. The van der Waals surface area contributed by atoms with Crippen molar-refractivity contribution in [2.45, 2.75) is 25.4 Å². The van der Waals surface area contributed by atoms with Gasteiger partial charge >= 0.3 is 5.97 Å². The summed E-state index contributed by atoms with van der Waals surface area (Å²) in [5, 5.41) is 11.8. The quantitative estimate of drug-likeness (QED) is 0.626. The van der Waals surface area contributed by atoms with Gasteiger partial charge in [-0.2, -0.15) is 0 Å². The van der Waals surface area contributed by atoms with Crippen molar-refractivity contribution in [3.8, 4) is 0 Å². The van der Waals surface area contributed by atoms with Crippen LogP contribution in [0, 0.1) is 0 Å². The van der Waals surface area contributed by atoms with Crippen molar-refractivity contribution in [1.82, 2.24) is 15.3 Å². The van der Waals surface area contributed by atoms with Gasteiger partial charge in [0.1, 0.15) is 11.5 Å². The molecule has 70 valence electrons. The molecule has 0 unspecified atom stereocenters. The molecule has 1 aliphatic rings. The largest absolute Gasteiger partial charge is 0.477 e. The highest BCUT2D eigenvalue weighted by atomic mass is 16.4. The summed E-state index contributed by atoms with van der Waals surface area (Å²) in [5.74, 6) is -0.283. The predicted octanol–water partition coefficient (Wildman–Crippen LogP) is 0.360. The van der Waals surface area contributed by atoms with E-state index in [9.17, 15) is 4.79 Å². The molecule has 0 saturated heterocycles. The van der Waals surface area contributed by atoms with Crippen LogP contribution in [0.15, 0.2) is 6.20 Å². The summed E-state index contributed by atoms with van der Waals surface area (Å²) in [6.45, 7) is 0.623. The van der Waals surface area contributed by atoms with Crippen molar-refractivity contribution in [2.24, 2.45) is 0 Å². The Hall–Kier alpha value is -1.36. The van der Waals surface area contributed by atoms with Crippen LogP contribution < -0.4 is 5.32 Å². The molecule has 1 aliphatic carbocycles. The zero-order valence-corrected chi connectivity index (χ0v) is 7.08. The molecule has 0 aromatic carbocycles. The minimum atomic E-state index is -0.967. The summed E-state index contributed by atoms with van der Waals surface area (Å²) >= 11 is 0. The van der Waals surface area contributed by atoms with E-state index in [1.807, 2.05) is 0 Å². The van der Waals surface area contributed by atoms with Gasteiger partial charge in [-0.15, -0.1) is 0 Å². The fourth-order valence-electron chi connectivity index (χ4n) is 1.09. The zero-order chi connectivity index (χ0) is 9.26. The summed E-state index contributed by atoms with van der Waals surface area (Å²) in [6.07, 6.45) is 3.77. The third-order valence-electron chi connectivity index (χ3n) is 1.99. The maximum atomic E-state index is 10.5. The number of hydrogen-bond acceptors (Lipinski definition) is 3. The van der Waals surface area contributed by atoms with Gasteiger partial charge in [0.15, 0.2) is 0 Å². The van der Waals surface area contributed by atoms with E-state index in [0.717, 1.165) is 0 Å². The standard InChI is InChI=1S/C8H11N3O2/c12-8(13)6-3-10-7(11-6)4-9-5-1-2-5/h3,5,9H,1-2,4H2,(H,10,11)(H,12,13). The van der Waals surface area contributed by atoms with Gasteiger partial charge in [0.25, 0.3) is 0 Å². The molecule has 13 heavy (non-hydrogen) atoms. The number of carbonyl (C=O) groups is 1. The number of rotatable bonds is 4. The second kappa shape index (κ2) is 3.18. The number of H-pyrrole nitrogens is 1. The van der Waals surface area contributed by atoms with Crippen molar-refractivity contribution in [2.75, 3.05) is 0 Å². The average molecular weight is 181 g/mol. The Kier molecular flexibility index (Phi) is 2.02. The van der Waals surface area contributed by atoms with E-state index < -0.39 is 5.97 Å². The Morgan fingerprint density at radius 3 is 3.08 bits per heavy atom. The Morgan fingerprint density at radius 1 is 1.77 bits per heavy atom. The fraction of sp³-hybridized carbons (Fsp3) is 0.500. The van der Waals surface area contributed by atoms with E-state index in [2.05, 4.69) is 15.3 Å². The number of carboxylic acids is 1. The van der Waals surface area contributed by atoms with Crippen LogP contribution in [0.4, 0.5) is 0 Å². The van der Waals surface area contributed by atoms with E-state index in [1.165, 1.54) is 19.0 Å². The van der Waals surface area contributed by atoms with Crippen molar-refractivity contribution in [3.05, 3.63) is 17.7 Å². The topological polar surface area (TPSA) is 78.0 Å². The van der Waals surface area contributed by atoms with Crippen molar-refractivity contribution < 1.29 is 9.90 Å². The van der Waals surface area contributed by atoms with Crippen molar-refractivity contribution >= 4 is 5.97 Å². The maximum absolute atomic E-state index is 10.5. The van der Waals surface area contributed by atoms with Crippen LogP contribution in [0.3, 0.4) is 0 Å². The SMILES string of the molecule is O=C(O)c1cnc(CNC2CC2)[nH]1. The lowest BCUT2D eigenvalue weighted by atomic mass is 10.5. The van der Waals surface area contributed by atoms with E-state index in [0.29, 0.717) is 18.4 Å². The van der Waals surface area contributed by atoms with Crippen LogP contribution in [0.1, 0.15) is 29.2 Å². The highest BCUT2D eigenvalue weighted by Gasteiger charge is 2.20. The van der Waals surface area contributed by atoms with Crippen LogP contribution in [-0.2, 0) is 6.54 Å². The van der Waals surface area contributed by atoms with Crippen molar-refractivity contribution in [3.63, 3.8) is 0 Å². The molecule has 5 nitrogen and oxygen atoms in total. The highest BCUT2D eigenvalue weighted by Crippen LogP contribution is 2.18. The second-order valence-electron chi connectivity index (χ2n) is 3.20. The lowest BCUT2D eigenvalue weighted by Crippen LogP contribution is -2.16. The minimum Gasteiger partial charge on any atom is -0.477 e. The van der Waals surface area contributed by atoms with Gasteiger partial charge in [-0.3, -0.25) is 0 Å². The molecule has 0 spiro atoms. The van der Waals surface area contributed by atoms with Gasteiger partial charge < -0.3 is 15.4 Å². The number of aromatic nitrogens is 2. The molecule has 0 atom stereocenters. The first kappa shape index (κ1) is 8.25. The van der Waals surface area contributed by atoms with Crippen LogP contribution in [0.5, 0.6) is 0 Å². The molecular weight excluding hydrogens is 170 g/mol. The van der Waals surface area contributed by atoms with E-state index in [4.69, 9.17) is 5.11 Å². The molecule has 0 aliphatic heterocycles. The number of hydrogen-bond donors (Lipinski definition) is 3. The van der Waals surface area contributed by atoms with Crippen LogP contribution in [-0.4, -0.2) is 27.1 Å². The Morgan fingerprint density at radius 2 is 2.54 bits per heavy atom. The maximum Gasteiger partial charge on any atom is 0.353 e. The van der Waals surface area contributed by atoms with Gasteiger partial charge in [0, 0.05) is 6.04 Å². The average Bonchev–Trinajstić information content (AvgIpc) is 2.79. The summed E-state index contributed by atoms with van der Waals surface area (Å²) in [7, 11) is 0. The first-order valence-electron chi connectivity index (χ1n) is 4.26. The minimum absolute atomic E-state index is 0.146. The molecule has 0 radical (unpaired) electrons. The third-order valence-corrected chi connectivity index (χ3v) is 1.99. The van der Waals surface area contributed by atoms with Crippen LogP contribution in [0.25, 0.3) is 0 Å². The first-order chi connectivity index (χ1) is 6.25. The molecular formula is C8H11N3O2. The predicted molar refractivity (Wildman–Crippen MR) is 45.4 cm³/mol. The molecule has 5 heteroatoms. The Balaban J connectivity index is 1.92. The number of imidazole rings is 1. The number of nitrogens with zero attached hydrogens (tertiary/aromatic N) is 1. The molecule has 1 heterocycles. The van der Waals surface area contributed by atoms with Gasteiger partial charge in [-0.05, 0) is 12.8 Å². The first-order valence-corrected chi connectivity index (χ1v) is 4.26. The van der Waals surface area contributed by atoms with E-state index in [-0.39, 0.29) is 5.69 Å². The molecule has 1 saturated carbocycles. The molecule has 1 aromatic heterocycles. The lowest BCUT2D eigenvalue weighted by molar-refractivity contribution is 0.0691. The van der Waals surface area contributed by atoms with Crippen molar-refractivity contribution in [1.29, 1.82) is 0 Å². The number of carboxylic acid groups (broad SMARTS) is 1. The molecule has 3 N–H and O–H groups in total.